The van der Waals surface area contributed by atoms with Crippen LogP contribution < -0.4 is 15.5 Å². The molecular weight excluding hydrogens is 455 g/mol. The van der Waals surface area contributed by atoms with Crippen molar-refractivity contribution in [3.63, 3.8) is 0 Å². The number of rotatable bonds is 8. The fourth-order valence-corrected chi connectivity index (χ4v) is 2.84. The molecule has 33 heavy (non-hydrogen) atoms. The number of para-hydroxylation sites is 1. The van der Waals surface area contributed by atoms with Crippen LogP contribution in [0.1, 0.15) is 15.9 Å². The molecule has 0 aliphatic rings. The van der Waals surface area contributed by atoms with E-state index in [9.17, 15) is 24.1 Å². The summed E-state index contributed by atoms with van der Waals surface area (Å²) in [7, 11) is 0. The highest BCUT2D eigenvalue weighted by Crippen LogP contribution is 2.25. The molecule has 3 aromatic rings. The van der Waals surface area contributed by atoms with Gasteiger partial charge in [-0.05, 0) is 42.0 Å². The van der Waals surface area contributed by atoms with Crippen LogP contribution in [-0.4, -0.2) is 29.6 Å². The summed E-state index contributed by atoms with van der Waals surface area (Å²) in [6.45, 7) is -0.388. The van der Waals surface area contributed by atoms with E-state index in [1.54, 1.807) is 12.1 Å². The van der Waals surface area contributed by atoms with E-state index >= 15 is 0 Å². The molecule has 0 radical (unpaired) electrons. The minimum Gasteiger partial charge on any atom is -0.482 e. The minimum absolute atomic E-state index is 0.0379. The van der Waals surface area contributed by atoms with Crippen molar-refractivity contribution in [2.45, 2.75) is 0 Å². The Morgan fingerprint density at radius 1 is 1.12 bits per heavy atom. The minimum atomic E-state index is -0.623. The van der Waals surface area contributed by atoms with Crippen LogP contribution in [0.25, 0.3) is 0 Å². The summed E-state index contributed by atoms with van der Waals surface area (Å²) in [5.74, 6) is -1.53. The molecule has 0 aromatic heterocycles. The summed E-state index contributed by atoms with van der Waals surface area (Å²) in [5, 5.41) is 17.2. The number of ether oxygens (including phenoxy) is 1. The lowest BCUT2D eigenvalue weighted by Crippen LogP contribution is -2.20. The SMILES string of the molecule is O=C(COc1ccc(C=NNC(=O)c2cccc([N+](=O)[O-])c2)cc1Cl)Nc1ccccc1F. The number of nitro benzene ring substituents is 1. The van der Waals surface area contributed by atoms with Crippen LogP contribution in [0.5, 0.6) is 5.75 Å². The second-order valence-electron chi connectivity index (χ2n) is 6.51. The van der Waals surface area contributed by atoms with Crippen molar-refractivity contribution in [1.29, 1.82) is 0 Å². The molecule has 9 nitrogen and oxygen atoms in total. The molecule has 0 saturated carbocycles. The number of hydrogen-bond acceptors (Lipinski definition) is 6. The van der Waals surface area contributed by atoms with Crippen molar-refractivity contribution in [2.24, 2.45) is 5.10 Å². The number of hydrogen-bond donors (Lipinski definition) is 2. The maximum Gasteiger partial charge on any atom is 0.271 e. The van der Waals surface area contributed by atoms with E-state index in [1.165, 1.54) is 54.7 Å². The van der Waals surface area contributed by atoms with Gasteiger partial charge in [0.15, 0.2) is 6.61 Å². The van der Waals surface area contributed by atoms with Gasteiger partial charge in [-0.15, -0.1) is 0 Å². The van der Waals surface area contributed by atoms with Crippen LogP contribution in [0.4, 0.5) is 15.8 Å². The highest BCUT2D eigenvalue weighted by molar-refractivity contribution is 6.32. The van der Waals surface area contributed by atoms with Crippen molar-refractivity contribution in [2.75, 3.05) is 11.9 Å². The predicted octanol–water partition coefficient (Wildman–Crippen LogP) is 4.17. The van der Waals surface area contributed by atoms with Crippen LogP contribution in [0.15, 0.2) is 71.8 Å². The highest BCUT2D eigenvalue weighted by Gasteiger charge is 2.11. The molecule has 168 valence electrons. The third-order valence-corrected chi connectivity index (χ3v) is 4.46. The van der Waals surface area contributed by atoms with Crippen molar-refractivity contribution in [3.05, 3.63) is 98.8 Å². The molecule has 0 spiro atoms. The Morgan fingerprint density at radius 2 is 1.91 bits per heavy atom. The Labute approximate surface area is 192 Å². The van der Waals surface area contributed by atoms with Crippen molar-refractivity contribution in [3.8, 4) is 5.75 Å². The van der Waals surface area contributed by atoms with Gasteiger partial charge >= 0.3 is 0 Å². The number of nitro groups is 1. The first kappa shape index (κ1) is 23.4. The Bertz CT molecular complexity index is 1230. The molecule has 0 atom stereocenters. The molecule has 0 unspecified atom stereocenters. The maximum absolute atomic E-state index is 13.6. The first-order chi connectivity index (χ1) is 15.8. The summed E-state index contributed by atoms with van der Waals surface area (Å²) in [4.78, 5) is 34.2. The first-order valence-electron chi connectivity index (χ1n) is 9.38. The van der Waals surface area contributed by atoms with Gasteiger partial charge in [-0.1, -0.05) is 29.8 Å². The Kier molecular flexibility index (Phi) is 7.66. The van der Waals surface area contributed by atoms with Gasteiger partial charge in [0.1, 0.15) is 11.6 Å². The number of amides is 2. The Morgan fingerprint density at radius 3 is 2.64 bits per heavy atom. The number of carbonyl (C=O) groups is 2. The van der Waals surface area contributed by atoms with Gasteiger partial charge in [-0.2, -0.15) is 5.10 Å². The second kappa shape index (κ2) is 10.8. The normalized spacial score (nSPS) is 10.6. The van der Waals surface area contributed by atoms with Crippen molar-refractivity contribution in [1.82, 2.24) is 5.43 Å². The number of anilines is 1. The maximum atomic E-state index is 13.6. The lowest BCUT2D eigenvalue weighted by Gasteiger charge is -2.09. The Balaban J connectivity index is 1.54. The molecule has 0 aliphatic heterocycles. The molecular formula is C22H16ClFN4O5. The van der Waals surface area contributed by atoms with E-state index in [0.717, 1.165) is 6.07 Å². The lowest BCUT2D eigenvalue weighted by atomic mass is 10.2. The summed E-state index contributed by atoms with van der Waals surface area (Å²) in [6.07, 6.45) is 1.32. The quantitative estimate of drug-likeness (QED) is 0.290. The molecule has 3 rings (SSSR count). The fraction of sp³-hybridized carbons (Fsp3) is 0.0455. The predicted molar refractivity (Wildman–Crippen MR) is 120 cm³/mol. The largest absolute Gasteiger partial charge is 0.482 e. The van der Waals surface area contributed by atoms with E-state index in [1.807, 2.05) is 0 Å². The molecule has 0 aliphatic carbocycles. The van der Waals surface area contributed by atoms with Crippen LogP contribution >= 0.6 is 11.6 Å². The lowest BCUT2D eigenvalue weighted by molar-refractivity contribution is -0.384. The summed E-state index contributed by atoms with van der Waals surface area (Å²) in [6, 6.07) is 15.5. The molecule has 11 heteroatoms. The van der Waals surface area contributed by atoms with Gasteiger partial charge in [0, 0.05) is 17.7 Å². The summed E-state index contributed by atoms with van der Waals surface area (Å²) in [5.41, 5.74) is 2.69. The number of non-ortho nitro benzene ring substituents is 1. The average molecular weight is 471 g/mol. The van der Waals surface area contributed by atoms with E-state index < -0.39 is 22.6 Å². The van der Waals surface area contributed by atoms with Crippen LogP contribution in [0.3, 0.4) is 0 Å². The topological polar surface area (TPSA) is 123 Å². The van der Waals surface area contributed by atoms with Gasteiger partial charge in [-0.3, -0.25) is 19.7 Å². The molecule has 0 heterocycles. The number of nitrogens with one attached hydrogen (secondary N) is 2. The van der Waals surface area contributed by atoms with E-state index in [2.05, 4.69) is 15.8 Å². The zero-order chi connectivity index (χ0) is 23.8. The van der Waals surface area contributed by atoms with Gasteiger partial charge in [0.25, 0.3) is 17.5 Å². The number of nitrogens with zero attached hydrogens (tertiary/aromatic N) is 2. The van der Waals surface area contributed by atoms with Gasteiger partial charge in [-0.25, -0.2) is 9.82 Å². The molecule has 2 amide bonds. The number of benzene rings is 3. The van der Waals surface area contributed by atoms with Crippen LogP contribution in [-0.2, 0) is 4.79 Å². The smallest absolute Gasteiger partial charge is 0.271 e. The zero-order valence-corrected chi connectivity index (χ0v) is 17.6. The fourth-order valence-electron chi connectivity index (χ4n) is 2.60. The van der Waals surface area contributed by atoms with Crippen molar-refractivity contribution >= 4 is 41.0 Å². The summed E-state index contributed by atoms with van der Waals surface area (Å²) < 4.78 is 18.9. The Hall–Kier alpha value is -4.31. The van der Waals surface area contributed by atoms with E-state index in [-0.39, 0.29) is 34.3 Å². The van der Waals surface area contributed by atoms with Crippen LogP contribution in [0, 0.1) is 15.9 Å². The molecule has 0 fully saturated rings. The summed E-state index contributed by atoms with van der Waals surface area (Å²) >= 11 is 6.15. The van der Waals surface area contributed by atoms with E-state index in [0.29, 0.717) is 5.56 Å². The van der Waals surface area contributed by atoms with E-state index in [4.69, 9.17) is 16.3 Å². The van der Waals surface area contributed by atoms with Gasteiger partial charge in [0.05, 0.1) is 21.8 Å². The molecule has 3 aromatic carbocycles. The number of carbonyl (C=O) groups excluding carboxylic acids is 2. The second-order valence-corrected chi connectivity index (χ2v) is 6.92. The third kappa shape index (κ3) is 6.58. The molecule has 0 bridgehead atoms. The zero-order valence-electron chi connectivity index (χ0n) is 16.8. The highest BCUT2D eigenvalue weighted by atomic mass is 35.5. The molecule has 2 N–H and O–H groups in total. The van der Waals surface area contributed by atoms with Crippen LogP contribution in [0.2, 0.25) is 5.02 Å². The molecule has 0 saturated heterocycles. The number of halogens is 2. The third-order valence-electron chi connectivity index (χ3n) is 4.16. The first-order valence-corrected chi connectivity index (χ1v) is 9.76. The standard InChI is InChI=1S/C22H16ClFN4O5/c23-17-10-14(12-25-27-22(30)15-4-3-5-16(11-15)28(31)32)8-9-20(17)33-13-21(29)26-19-7-2-1-6-18(19)24/h1-12H,13H2,(H,26,29)(H,27,30). The number of hydrazone groups is 1. The van der Waals surface area contributed by atoms with Gasteiger partial charge in [0.2, 0.25) is 0 Å². The average Bonchev–Trinajstić information content (AvgIpc) is 2.80. The van der Waals surface area contributed by atoms with Crippen molar-refractivity contribution < 1.29 is 23.6 Å². The van der Waals surface area contributed by atoms with Gasteiger partial charge < -0.3 is 10.1 Å². The monoisotopic (exact) mass is 470 g/mol.